The fourth-order valence-electron chi connectivity index (χ4n) is 3.50. The van der Waals surface area contributed by atoms with Gasteiger partial charge in [0.15, 0.2) is 0 Å². The summed E-state index contributed by atoms with van der Waals surface area (Å²) in [4.78, 5) is 24.9. The molecular formula is C26H34O4. The quantitative estimate of drug-likeness (QED) is 0.536. The number of aliphatic carboxylic acids is 1. The maximum absolute atomic E-state index is 12.8. The summed E-state index contributed by atoms with van der Waals surface area (Å²) in [6.07, 6.45) is 1.89. The van der Waals surface area contributed by atoms with Crippen molar-refractivity contribution in [2.24, 2.45) is 11.8 Å². The van der Waals surface area contributed by atoms with Crippen LogP contribution >= 0.6 is 0 Å². The first-order valence-electron chi connectivity index (χ1n) is 10.7. The van der Waals surface area contributed by atoms with Crippen LogP contribution in [-0.4, -0.2) is 17.0 Å². The Hall–Kier alpha value is -2.62. The van der Waals surface area contributed by atoms with Crippen LogP contribution in [0.2, 0.25) is 0 Å². The molecule has 0 saturated carbocycles. The Balaban J connectivity index is 2.18. The van der Waals surface area contributed by atoms with E-state index in [9.17, 15) is 14.7 Å². The Morgan fingerprint density at radius 3 is 1.67 bits per heavy atom. The van der Waals surface area contributed by atoms with Gasteiger partial charge in [0.2, 0.25) is 5.60 Å². The lowest BCUT2D eigenvalue weighted by Gasteiger charge is -2.27. The molecule has 30 heavy (non-hydrogen) atoms. The second-order valence-electron chi connectivity index (χ2n) is 9.12. The lowest BCUT2D eigenvalue weighted by Crippen LogP contribution is -2.38. The molecule has 4 heteroatoms. The summed E-state index contributed by atoms with van der Waals surface area (Å²) < 4.78 is 5.58. The fourth-order valence-corrected chi connectivity index (χ4v) is 3.50. The van der Waals surface area contributed by atoms with Crippen molar-refractivity contribution < 1.29 is 19.4 Å². The SMILES string of the molecule is CC(C)Cc1ccc(C(C)C(=O)OC(C)(C(=O)O)c2ccc(CC(C)C)cc2)cc1. The summed E-state index contributed by atoms with van der Waals surface area (Å²) in [5.74, 6) is -1.24. The van der Waals surface area contributed by atoms with E-state index in [1.165, 1.54) is 12.5 Å². The van der Waals surface area contributed by atoms with Crippen molar-refractivity contribution in [2.45, 2.75) is 65.9 Å². The maximum atomic E-state index is 12.8. The smallest absolute Gasteiger partial charge is 0.352 e. The Morgan fingerprint density at radius 1 is 0.833 bits per heavy atom. The van der Waals surface area contributed by atoms with Gasteiger partial charge < -0.3 is 9.84 Å². The van der Waals surface area contributed by atoms with E-state index < -0.39 is 23.5 Å². The molecule has 2 atom stereocenters. The van der Waals surface area contributed by atoms with E-state index >= 15 is 0 Å². The summed E-state index contributed by atoms with van der Waals surface area (Å²) in [5.41, 5.74) is 1.87. The first kappa shape index (κ1) is 23.7. The molecule has 0 saturated heterocycles. The minimum atomic E-state index is -1.74. The van der Waals surface area contributed by atoms with Crippen molar-refractivity contribution in [3.63, 3.8) is 0 Å². The largest absolute Gasteiger partial charge is 0.478 e. The van der Waals surface area contributed by atoms with Gasteiger partial charge in [-0.1, -0.05) is 76.2 Å². The summed E-state index contributed by atoms with van der Waals surface area (Å²) >= 11 is 0. The maximum Gasteiger partial charge on any atom is 0.352 e. The van der Waals surface area contributed by atoms with Gasteiger partial charge in [-0.25, -0.2) is 4.79 Å². The van der Waals surface area contributed by atoms with Gasteiger partial charge in [0.05, 0.1) is 5.92 Å². The zero-order valence-electron chi connectivity index (χ0n) is 18.9. The number of hydrogen-bond donors (Lipinski definition) is 1. The number of carbonyl (C=O) groups excluding carboxylic acids is 1. The average molecular weight is 411 g/mol. The van der Waals surface area contributed by atoms with E-state index in [2.05, 4.69) is 27.7 Å². The molecule has 0 aliphatic heterocycles. The van der Waals surface area contributed by atoms with E-state index in [0.717, 1.165) is 24.0 Å². The molecule has 162 valence electrons. The van der Waals surface area contributed by atoms with Crippen LogP contribution in [-0.2, 0) is 32.8 Å². The van der Waals surface area contributed by atoms with Gasteiger partial charge in [0, 0.05) is 5.56 Å². The summed E-state index contributed by atoms with van der Waals surface area (Å²) in [6, 6.07) is 15.2. The Labute approximate surface area is 180 Å². The first-order valence-corrected chi connectivity index (χ1v) is 10.7. The molecule has 0 aliphatic rings. The molecule has 0 amide bonds. The van der Waals surface area contributed by atoms with E-state index in [4.69, 9.17) is 4.74 Å². The van der Waals surface area contributed by atoms with E-state index in [-0.39, 0.29) is 0 Å². The third-order valence-corrected chi connectivity index (χ3v) is 5.34. The normalized spacial score (nSPS) is 14.4. The second-order valence-corrected chi connectivity index (χ2v) is 9.12. The van der Waals surface area contributed by atoms with Crippen molar-refractivity contribution in [2.75, 3.05) is 0 Å². The molecule has 0 aromatic heterocycles. The number of esters is 1. The Bertz CT molecular complexity index is 850. The van der Waals surface area contributed by atoms with Gasteiger partial charge in [0.25, 0.3) is 0 Å². The Morgan fingerprint density at radius 2 is 1.27 bits per heavy atom. The number of carboxylic acids is 1. The molecule has 2 unspecified atom stereocenters. The van der Waals surface area contributed by atoms with Crippen LogP contribution in [0.4, 0.5) is 0 Å². The molecule has 1 N–H and O–H groups in total. The first-order chi connectivity index (χ1) is 14.0. The van der Waals surface area contributed by atoms with Crippen LogP contribution in [0.5, 0.6) is 0 Å². The van der Waals surface area contributed by atoms with Crippen molar-refractivity contribution in [1.29, 1.82) is 0 Å². The van der Waals surface area contributed by atoms with E-state index in [1.807, 2.05) is 36.4 Å². The highest BCUT2D eigenvalue weighted by molar-refractivity contribution is 5.85. The van der Waals surface area contributed by atoms with Crippen molar-refractivity contribution in [3.8, 4) is 0 Å². The molecule has 0 aliphatic carbocycles. The van der Waals surface area contributed by atoms with Crippen LogP contribution < -0.4 is 0 Å². The standard InChI is InChI=1S/C26H34O4/c1-17(2)15-20-7-11-22(12-8-20)19(5)24(27)30-26(6,25(28)29)23-13-9-21(10-14-23)16-18(3)4/h7-14,17-19H,15-16H2,1-6H3,(H,28,29). The monoisotopic (exact) mass is 410 g/mol. The second kappa shape index (κ2) is 9.92. The zero-order chi connectivity index (χ0) is 22.5. The number of hydrogen-bond acceptors (Lipinski definition) is 3. The molecule has 0 spiro atoms. The van der Waals surface area contributed by atoms with Crippen LogP contribution in [0.1, 0.15) is 69.7 Å². The number of benzene rings is 2. The molecular weight excluding hydrogens is 376 g/mol. The van der Waals surface area contributed by atoms with Gasteiger partial charge in [-0.15, -0.1) is 0 Å². The van der Waals surface area contributed by atoms with Crippen LogP contribution in [0.15, 0.2) is 48.5 Å². The third kappa shape index (κ3) is 5.94. The molecule has 2 aromatic rings. The number of rotatable bonds is 9. The van der Waals surface area contributed by atoms with Crippen LogP contribution in [0, 0.1) is 11.8 Å². The molecule has 0 heterocycles. The lowest BCUT2D eigenvalue weighted by molar-refractivity contribution is -0.179. The third-order valence-electron chi connectivity index (χ3n) is 5.34. The zero-order valence-corrected chi connectivity index (χ0v) is 18.9. The van der Waals surface area contributed by atoms with Gasteiger partial charge in [-0.05, 0) is 55.2 Å². The van der Waals surface area contributed by atoms with Crippen molar-refractivity contribution in [3.05, 3.63) is 70.8 Å². The summed E-state index contributed by atoms with van der Waals surface area (Å²) in [5, 5.41) is 9.84. The van der Waals surface area contributed by atoms with Crippen LogP contribution in [0.3, 0.4) is 0 Å². The van der Waals surface area contributed by atoms with Crippen molar-refractivity contribution >= 4 is 11.9 Å². The predicted octanol–water partition coefficient (Wildman–Crippen LogP) is 5.73. The highest BCUT2D eigenvalue weighted by atomic mass is 16.6. The molecule has 0 fully saturated rings. The summed E-state index contributed by atoms with van der Waals surface area (Å²) in [7, 11) is 0. The van der Waals surface area contributed by atoms with Crippen LogP contribution in [0.25, 0.3) is 0 Å². The fraction of sp³-hybridized carbons (Fsp3) is 0.462. The number of carboxylic acid groups (broad SMARTS) is 1. The predicted molar refractivity (Wildman–Crippen MR) is 119 cm³/mol. The average Bonchev–Trinajstić information content (AvgIpc) is 2.67. The minimum Gasteiger partial charge on any atom is -0.478 e. The highest BCUT2D eigenvalue weighted by Crippen LogP contribution is 2.30. The molecule has 0 bridgehead atoms. The van der Waals surface area contributed by atoms with E-state index in [1.54, 1.807) is 19.1 Å². The van der Waals surface area contributed by atoms with E-state index in [0.29, 0.717) is 17.4 Å². The van der Waals surface area contributed by atoms with Gasteiger partial charge in [-0.3, -0.25) is 4.79 Å². The number of ether oxygens (including phenoxy) is 1. The number of carbonyl (C=O) groups is 2. The van der Waals surface area contributed by atoms with Gasteiger partial charge >= 0.3 is 11.9 Å². The highest BCUT2D eigenvalue weighted by Gasteiger charge is 2.40. The van der Waals surface area contributed by atoms with Gasteiger partial charge in [-0.2, -0.15) is 0 Å². The van der Waals surface area contributed by atoms with Gasteiger partial charge in [0.1, 0.15) is 0 Å². The minimum absolute atomic E-state index is 0.454. The molecule has 2 rings (SSSR count). The summed E-state index contributed by atoms with van der Waals surface area (Å²) in [6.45, 7) is 11.8. The topological polar surface area (TPSA) is 63.6 Å². The molecule has 0 radical (unpaired) electrons. The molecule has 4 nitrogen and oxygen atoms in total. The molecule has 2 aromatic carbocycles. The lowest BCUT2D eigenvalue weighted by atomic mass is 9.92. The van der Waals surface area contributed by atoms with Crippen molar-refractivity contribution in [1.82, 2.24) is 0 Å². The Kier molecular flexibility index (Phi) is 7.83.